The van der Waals surface area contributed by atoms with Crippen molar-refractivity contribution < 1.29 is 0 Å². The first-order chi connectivity index (χ1) is 15.3. The van der Waals surface area contributed by atoms with Gasteiger partial charge in [0.05, 0.1) is 22.9 Å². The van der Waals surface area contributed by atoms with E-state index >= 15 is 0 Å². The molecule has 1 aromatic heterocycles. The highest BCUT2D eigenvalue weighted by Gasteiger charge is 2.12. The van der Waals surface area contributed by atoms with Crippen molar-refractivity contribution in [1.29, 1.82) is 0 Å². The van der Waals surface area contributed by atoms with E-state index < -0.39 is 0 Å². The van der Waals surface area contributed by atoms with E-state index in [1.165, 1.54) is 10.8 Å². The Balaban J connectivity index is 1.59. The van der Waals surface area contributed by atoms with Crippen molar-refractivity contribution in [3.05, 3.63) is 108 Å². The van der Waals surface area contributed by atoms with Crippen LogP contribution in [0.3, 0.4) is 0 Å². The van der Waals surface area contributed by atoms with Crippen LogP contribution in [0.2, 0.25) is 5.02 Å². The van der Waals surface area contributed by atoms with E-state index in [1.54, 1.807) is 0 Å². The van der Waals surface area contributed by atoms with E-state index in [2.05, 4.69) is 78.9 Å². The minimum Gasteiger partial charge on any atom is -0.252 e. The smallest absolute Gasteiger partial charge is 0.0979 e. The van der Waals surface area contributed by atoms with Crippen LogP contribution in [-0.4, -0.2) is 9.97 Å². The Morgan fingerprint density at radius 2 is 1.10 bits per heavy atom. The summed E-state index contributed by atoms with van der Waals surface area (Å²) in [7, 11) is 0. The lowest BCUT2D eigenvalue weighted by Gasteiger charge is -2.11. The van der Waals surface area contributed by atoms with E-state index in [-0.39, 0.29) is 0 Å². The van der Waals surface area contributed by atoms with Gasteiger partial charge in [-0.1, -0.05) is 90.5 Å². The zero-order valence-electron chi connectivity index (χ0n) is 16.6. The SMILES string of the molecule is Clc1cccc(-c2cccc(-c3cnc4c5ccccc5c5ccccc5c4n3)c2)c1. The molecule has 31 heavy (non-hydrogen) atoms. The number of hydrogen-bond donors (Lipinski definition) is 0. The summed E-state index contributed by atoms with van der Waals surface area (Å²) >= 11 is 6.20. The summed E-state index contributed by atoms with van der Waals surface area (Å²) in [6.07, 6.45) is 1.88. The van der Waals surface area contributed by atoms with Gasteiger partial charge in [-0.25, -0.2) is 4.98 Å². The number of fused-ring (bicyclic) bond motifs is 6. The minimum atomic E-state index is 0.728. The van der Waals surface area contributed by atoms with Crippen LogP contribution < -0.4 is 0 Å². The number of halogens is 1. The molecule has 2 nitrogen and oxygen atoms in total. The molecule has 0 amide bonds. The van der Waals surface area contributed by atoms with Crippen molar-refractivity contribution in [3.8, 4) is 22.4 Å². The Morgan fingerprint density at radius 1 is 0.516 bits per heavy atom. The van der Waals surface area contributed by atoms with Crippen LogP contribution in [0.4, 0.5) is 0 Å². The number of aromatic nitrogens is 2. The van der Waals surface area contributed by atoms with Gasteiger partial charge in [0.15, 0.2) is 0 Å². The van der Waals surface area contributed by atoms with Crippen molar-refractivity contribution in [3.63, 3.8) is 0 Å². The summed E-state index contributed by atoms with van der Waals surface area (Å²) < 4.78 is 0. The molecule has 0 atom stereocenters. The monoisotopic (exact) mass is 416 g/mol. The molecule has 146 valence electrons. The maximum atomic E-state index is 6.20. The average molecular weight is 417 g/mol. The summed E-state index contributed by atoms with van der Waals surface area (Å²) in [5, 5.41) is 5.38. The van der Waals surface area contributed by atoms with E-state index in [1.807, 2.05) is 24.4 Å². The van der Waals surface area contributed by atoms with Crippen LogP contribution in [0, 0.1) is 0 Å². The first-order valence-corrected chi connectivity index (χ1v) is 10.6. The van der Waals surface area contributed by atoms with Crippen molar-refractivity contribution in [2.75, 3.05) is 0 Å². The summed E-state index contributed by atoms with van der Waals surface area (Å²) in [5.41, 5.74) is 5.94. The van der Waals surface area contributed by atoms with Crippen LogP contribution in [-0.2, 0) is 0 Å². The summed E-state index contributed by atoms with van der Waals surface area (Å²) in [6.45, 7) is 0. The van der Waals surface area contributed by atoms with Crippen molar-refractivity contribution in [1.82, 2.24) is 9.97 Å². The maximum absolute atomic E-state index is 6.20. The fourth-order valence-electron chi connectivity index (χ4n) is 4.29. The van der Waals surface area contributed by atoms with Crippen LogP contribution >= 0.6 is 11.6 Å². The predicted molar refractivity (Wildman–Crippen MR) is 130 cm³/mol. The highest BCUT2D eigenvalue weighted by molar-refractivity contribution is 6.30. The molecule has 3 heteroatoms. The lowest BCUT2D eigenvalue weighted by molar-refractivity contribution is 1.31. The molecular formula is C28H17ClN2. The van der Waals surface area contributed by atoms with Crippen LogP contribution in [0.15, 0.2) is 103 Å². The summed E-state index contributed by atoms with van der Waals surface area (Å²) in [4.78, 5) is 9.96. The van der Waals surface area contributed by atoms with Gasteiger partial charge < -0.3 is 0 Å². The van der Waals surface area contributed by atoms with Gasteiger partial charge in [-0.2, -0.15) is 0 Å². The van der Waals surface area contributed by atoms with Gasteiger partial charge in [0.25, 0.3) is 0 Å². The molecule has 0 spiro atoms. The second kappa shape index (κ2) is 7.19. The second-order valence-corrected chi connectivity index (χ2v) is 8.07. The molecule has 0 saturated carbocycles. The molecule has 0 fully saturated rings. The number of benzene rings is 5. The van der Waals surface area contributed by atoms with E-state index in [0.717, 1.165) is 49.2 Å². The largest absolute Gasteiger partial charge is 0.252 e. The zero-order valence-corrected chi connectivity index (χ0v) is 17.3. The molecule has 5 aromatic carbocycles. The fourth-order valence-corrected chi connectivity index (χ4v) is 4.48. The first kappa shape index (κ1) is 18.1. The average Bonchev–Trinajstić information content (AvgIpc) is 2.84. The minimum absolute atomic E-state index is 0.728. The van der Waals surface area contributed by atoms with Crippen molar-refractivity contribution in [2.45, 2.75) is 0 Å². The fraction of sp³-hybridized carbons (Fsp3) is 0. The molecular weight excluding hydrogens is 400 g/mol. The topological polar surface area (TPSA) is 25.8 Å². The number of rotatable bonds is 2. The third kappa shape index (κ3) is 3.04. The van der Waals surface area contributed by atoms with Crippen molar-refractivity contribution >= 4 is 44.2 Å². The first-order valence-electron chi connectivity index (χ1n) is 10.2. The van der Waals surface area contributed by atoms with E-state index in [0.29, 0.717) is 0 Å². The molecule has 0 aliphatic rings. The molecule has 1 heterocycles. The van der Waals surface area contributed by atoms with Crippen LogP contribution in [0.25, 0.3) is 55.0 Å². The normalized spacial score (nSPS) is 11.4. The maximum Gasteiger partial charge on any atom is 0.0979 e. The molecule has 0 bridgehead atoms. The van der Waals surface area contributed by atoms with Gasteiger partial charge in [-0.3, -0.25) is 4.98 Å². The van der Waals surface area contributed by atoms with Crippen LogP contribution in [0.1, 0.15) is 0 Å². The Labute approximate surface area is 184 Å². The molecule has 0 aliphatic carbocycles. The lowest BCUT2D eigenvalue weighted by atomic mass is 9.99. The summed E-state index contributed by atoms with van der Waals surface area (Å²) in [6, 6.07) is 33.1. The van der Waals surface area contributed by atoms with Gasteiger partial charge in [-0.15, -0.1) is 0 Å². The summed E-state index contributed by atoms with van der Waals surface area (Å²) in [5.74, 6) is 0. The Bertz CT molecular complexity index is 1570. The van der Waals surface area contributed by atoms with Gasteiger partial charge in [0, 0.05) is 21.4 Å². The molecule has 0 aliphatic heterocycles. The molecule has 0 unspecified atom stereocenters. The van der Waals surface area contributed by atoms with Gasteiger partial charge in [-0.05, 0) is 40.1 Å². The van der Waals surface area contributed by atoms with Gasteiger partial charge in [0.2, 0.25) is 0 Å². The van der Waals surface area contributed by atoms with E-state index in [4.69, 9.17) is 21.6 Å². The molecule has 0 N–H and O–H groups in total. The van der Waals surface area contributed by atoms with Crippen molar-refractivity contribution in [2.24, 2.45) is 0 Å². The third-order valence-corrected chi connectivity index (χ3v) is 5.98. The second-order valence-electron chi connectivity index (χ2n) is 7.63. The third-order valence-electron chi connectivity index (χ3n) is 5.74. The molecule has 0 saturated heterocycles. The highest BCUT2D eigenvalue weighted by Crippen LogP contribution is 2.34. The van der Waals surface area contributed by atoms with Gasteiger partial charge in [0.1, 0.15) is 0 Å². The predicted octanol–water partition coefficient (Wildman–Crippen LogP) is 7.92. The standard InChI is InChI=1S/C28H17ClN2/c29-21-10-6-8-19(16-21)18-7-5-9-20(15-18)26-17-30-27-24-13-3-1-11-22(24)23-12-2-4-14-25(23)28(27)31-26/h1-17H. The van der Waals surface area contributed by atoms with Gasteiger partial charge >= 0.3 is 0 Å². The number of hydrogen-bond acceptors (Lipinski definition) is 2. The Hall–Kier alpha value is -3.75. The number of nitrogens with zero attached hydrogens (tertiary/aromatic N) is 2. The van der Waals surface area contributed by atoms with E-state index in [9.17, 15) is 0 Å². The lowest BCUT2D eigenvalue weighted by Crippen LogP contribution is -1.92. The molecule has 6 aromatic rings. The highest BCUT2D eigenvalue weighted by atomic mass is 35.5. The Kier molecular flexibility index (Phi) is 4.19. The quantitative estimate of drug-likeness (QED) is 0.268. The van der Waals surface area contributed by atoms with Crippen LogP contribution in [0.5, 0.6) is 0 Å². The Morgan fingerprint density at radius 3 is 1.81 bits per heavy atom. The molecule has 0 radical (unpaired) electrons. The molecule has 6 rings (SSSR count). The zero-order chi connectivity index (χ0) is 20.8.